The predicted molar refractivity (Wildman–Crippen MR) is 70.4 cm³/mol. The fraction of sp³-hybridized carbons (Fsp3) is 0.125. The zero-order valence-corrected chi connectivity index (χ0v) is 9.77. The van der Waals surface area contributed by atoms with E-state index in [1.165, 1.54) is 22.3 Å². The van der Waals surface area contributed by atoms with Gasteiger partial charge in [-0.15, -0.1) is 0 Å². The molecule has 0 heterocycles. The van der Waals surface area contributed by atoms with Gasteiger partial charge in [0.2, 0.25) is 0 Å². The smallest absolute Gasteiger partial charge is 0.0154 e. The van der Waals surface area contributed by atoms with Crippen LogP contribution in [0.5, 0.6) is 0 Å². The molecule has 0 heteroatoms. The SMILES string of the molecule is C/C=C(\c1ccccc1)c1cccc(C)c1. The molecule has 0 bridgehead atoms. The fourth-order valence-corrected chi connectivity index (χ4v) is 1.93. The van der Waals surface area contributed by atoms with Crippen molar-refractivity contribution in [2.24, 2.45) is 0 Å². The highest BCUT2D eigenvalue weighted by Crippen LogP contribution is 2.23. The topological polar surface area (TPSA) is 0 Å². The van der Waals surface area contributed by atoms with Crippen molar-refractivity contribution in [3.63, 3.8) is 0 Å². The van der Waals surface area contributed by atoms with E-state index in [1.807, 2.05) is 6.07 Å². The Balaban J connectivity index is 2.46. The van der Waals surface area contributed by atoms with Gasteiger partial charge in [-0.05, 0) is 30.5 Å². The summed E-state index contributed by atoms with van der Waals surface area (Å²) < 4.78 is 0. The average Bonchev–Trinajstić information content (AvgIpc) is 2.31. The van der Waals surface area contributed by atoms with Crippen LogP contribution in [0.1, 0.15) is 23.6 Å². The van der Waals surface area contributed by atoms with Gasteiger partial charge in [-0.1, -0.05) is 66.2 Å². The minimum atomic E-state index is 1.27. The van der Waals surface area contributed by atoms with Crippen molar-refractivity contribution in [2.45, 2.75) is 13.8 Å². The quantitative estimate of drug-likeness (QED) is 0.684. The maximum Gasteiger partial charge on any atom is -0.0154 e. The van der Waals surface area contributed by atoms with Crippen molar-refractivity contribution in [1.82, 2.24) is 0 Å². The van der Waals surface area contributed by atoms with Gasteiger partial charge in [0.25, 0.3) is 0 Å². The van der Waals surface area contributed by atoms with Crippen molar-refractivity contribution in [3.05, 3.63) is 77.4 Å². The average molecular weight is 208 g/mol. The molecule has 0 N–H and O–H groups in total. The van der Waals surface area contributed by atoms with E-state index in [0.29, 0.717) is 0 Å². The van der Waals surface area contributed by atoms with E-state index < -0.39 is 0 Å². The summed E-state index contributed by atoms with van der Waals surface area (Å²) in [6.07, 6.45) is 2.17. The van der Waals surface area contributed by atoms with E-state index in [0.717, 1.165) is 0 Å². The number of allylic oxidation sites excluding steroid dienone is 1. The van der Waals surface area contributed by atoms with Gasteiger partial charge in [-0.3, -0.25) is 0 Å². The molecule has 0 fully saturated rings. The van der Waals surface area contributed by atoms with Crippen LogP contribution in [0.4, 0.5) is 0 Å². The lowest BCUT2D eigenvalue weighted by Gasteiger charge is -2.08. The van der Waals surface area contributed by atoms with E-state index in [4.69, 9.17) is 0 Å². The van der Waals surface area contributed by atoms with Crippen molar-refractivity contribution in [3.8, 4) is 0 Å². The molecule has 0 aliphatic heterocycles. The Morgan fingerprint density at radius 3 is 2.19 bits per heavy atom. The summed E-state index contributed by atoms with van der Waals surface area (Å²) in [5.41, 5.74) is 5.15. The maximum atomic E-state index is 2.22. The number of hydrogen-bond donors (Lipinski definition) is 0. The molecule has 0 radical (unpaired) electrons. The van der Waals surface area contributed by atoms with Gasteiger partial charge in [0.15, 0.2) is 0 Å². The summed E-state index contributed by atoms with van der Waals surface area (Å²) in [6, 6.07) is 19.1. The molecule has 2 aromatic carbocycles. The van der Waals surface area contributed by atoms with Crippen LogP contribution >= 0.6 is 0 Å². The summed E-state index contributed by atoms with van der Waals surface area (Å²) in [5, 5.41) is 0. The molecular formula is C16H16. The Bertz CT molecular complexity index is 492. The van der Waals surface area contributed by atoms with Crippen molar-refractivity contribution in [1.29, 1.82) is 0 Å². The highest BCUT2D eigenvalue weighted by atomic mass is 14.1. The molecule has 2 aromatic rings. The number of benzene rings is 2. The molecule has 0 aliphatic carbocycles. The van der Waals surface area contributed by atoms with Crippen molar-refractivity contribution < 1.29 is 0 Å². The molecule has 0 amide bonds. The summed E-state index contributed by atoms with van der Waals surface area (Å²) in [5.74, 6) is 0. The molecule has 0 aliphatic rings. The van der Waals surface area contributed by atoms with Gasteiger partial charge in [0, 0.05) is 0 Å². The van der Waals surface area contributed by atoms with Crippen LogP contribution in [-0.2, 0) is 0 Å². The number of hydrogen-bond acceptors (Lipinski definition) is 0. The van der Waals surface area contributed by atoms with Gasteiger partial charge in [0.05, 0.1) is 0 Å². The third-order valence-electron chi connectivity index (χ3n) is 2.70. The standard InChI is InChI=1S/C16H16/c1-3-16(14-9-5-4-6-10-14)15-11-7-8-13(2)12-15/h3-12H,1-2H3/b16-3+. The second-order valence-corrected chi connectivity index (χ2v) is 3.94. The lowest BCUT2D eigenvalue weighted by Crippen LogP contribution is -1.87. The number of aryl methyl sites for hydroxylation is 1. The van der Waals surface area contributed by atoms with Crippen LogP contribution in [0.25, 0.3) is 5.57 Å². The van der Waals surface area contributed by atoms with Crippen LogP contribution in [0.3, 0.4) is 0 Å². The summed E-state index contributed by atoms with van der Waals surface area (Å²) in [4.78, 5) is 0. The largest absolute Gasteiger partial charge is 0.0792 e. The monoisotopic (exact) mass is 208 g/mol. The summed E-state index contributed by atoms with van der Waals surface area (Å²) in [6.45, 7) is 4.21. The molecule has 0 saturated carbocycles. The molecular weight excluding hydrogens is 192 g/mol. The highest BCUT2D eigenvalue weighted by molar-refractivity contribution is 5.79. The van der Waals surface area contributed by atoms with Crippen LogP contribution in [-0.4, -0.2) is 0 Å². The molecule has 80 valence electrons. The van der Waals surface area contributed by atoms with Gasteiger partial charge in [0.1, 0.15) is 0 Å². The van der Waals surface area contributed by atoms with Crippen molar-refractivity contribution in [2.75, 3.05) is 0 Å². The van der Waals surface area contributed by atoms with Gasteiger partial charge in [-0.25, -0.2) is 0 Å². The Morgan fingerprint density at radius 1 is 0.875 bits per heavy atom. The van der Waals surface area contributed by atoms with E-state index in [-0.39, 0.29) is 0 Å². The molecule has 0 saturated heterocycles. The molecule has 0 unspecified atom stereocenters. The first-order valence-electron chi connectivity index (χ1n) is 5.60. The van der Waals surface area contributed by atoms with E-state index in [9.17, 15) is 0 Å². The normalized spacial score (nSPS) is 11.5. The van der Waals surface area contributed by atoms with Crippen LogP contribution in [0.2, 0.25) is 0 Å². The highest BCUT2D eigenvalue weighted by Gasteiger charge is 2.02. The molecule has 16 heavy (non-hydrogen) atoms. The first-order valence-corrected chi connectivity index (χ1v) is 5.60. The van der Waals surface area contributed by atoms with Gasteiger partial charge >= 0.3 is 0 Å². The molecule has 0 spiro atoms. The van der Waals surface area contributed by atoms with Crippen molar-refractivity contribution >= 4 is 5.57 Å². The second kappa shape index (κ2) is 4.80. The Labute approximate surface area is 97.3 Å². The minimum Gasteiger partial charge on any atom is -0.0792 e. The lowest BCUT2D eigenvalue weighted by atomic mass is 9.97. The zero-order valence-electron chi connectivity index (χ0n) is 9.77. The summed E-state index contributed by atoms with van der Waals surface area (Å²) in [7, 11) is 0. The first-order chi connectivity index (χ1) is 7.81. The van der Waals surface area contributed by atoms with Gasteiger partial charge in [-0.2, -0.15) is 0 Å². The minimum absolute atomic E-state index is 1.27. The third-order valence-corrected chi connectivity index (χ3v) is 2.70. The van der Waals surface area contributed by atoms with E-state index in [2.05, 4.69) is 68.5 Å². The van der Waals surface area contributed by atoms with Crippen LogP contribution < -0.4 is 0 Å². The Morgan fingerprint density at radius 2 is 1.56 bits per heavy atom. The second-order valence-electron chi connectivity index (χ2n) is 3.94. The first kappa shape index (κ1) is 10.7. The Kier molecular flexibility index (Phi) is 3.21. The zero-order chi connectivity index (χ0) is 11.4. The van der Waals surface area contributed by atoms with E-state index in [1.54, 1.807) is 0 Å². The fourth-order valence-electron chi connectivity index (χ4n) is 1.93. The maximum absolute atomic E-state index is 2.22. The molecule has 0 nitrogen and oxygen atoms in total. The summed E-state index contributed by atoms with van der Waals surface area (Å²) >= 11 is 0. The molecule has 0 atom stereocenters. The third kappa shape index (κ3) is 2.22. The van der Waals surface area contributed by atoms with E-state index >= 15 is 0 Å². The Hall–Kier alpha value is -1.82. The van der Waals surface area contributed by atoms with Crippen LogP contribution in [0.15, 0.2) is 60.7 Å². The molecule has 0 aromatic heterocycles. The predicted octanol–water partition coefficient (Wildman–Crippen LogP) is 4.45. The number of rotatable bonds is 2. The molecule has 2 rings (SSSR count). The van der Waals surface area contributed by atoms with Crippen LogP contribution in [0, 0.1) is 6.92 Å². The van der Waals surface area contributed by atoms with Gasteiger partial charge < -0.3 is 0 Å². The lowest BCUT2D eigenvalue weighted by molar-refractivity contribution is 1.43.